The molecule has 5 nitrogen and oxygen atoms in total. The maximum absolute atomic E-state index is 13.1. The monoisotopic (exact) mass is 355 g/mol. The first kappa shape index (κ1) is 16.3. The number of morpholine rings is 1. The van der Waals surface area contributed by atoms with E-state index < -0.39 is 5.60 Å². The number of hydrogen-bond donors (Lipinski definition) is 0. The second-order valence-corrected chi connectivity index (χ2v) is 8.52. The number of fused-ring (bicyclic) bond motifs is 3. The molecule has 6 atom stereocenters. The molecule has 2 saturated carbocycles. The molecule has 4 aliphatic rings. The van der Waals surface area contributed by atoms with E-state index >= 15 is 0 Å². The van der Waals surface area contributed by atoms with E-state index in [0.717, 1.165) is 12.8 Å². The van der Waals surface area contributed by atoms with Gasteiger partial charge in [-0.05, 0) is 44.7 Å². The second-order valence-electron chi connectivity index (χ2n) is 8.52. The summed E-state index contributed by atoms with van der Waals surface area (Å²) in [5.74, 6) is 1.64. The molecular formula is C21H25NO4. The van der Waals surface area contributed by atoms with Gasteiger partial charge in [0.15, 0.2) is 5.78 Å². The number of Topliss-reactive ketones (excluding diaryl/α,β-unsaturated/α-hetero) is 1. The zero-order valence-electron chi connectivity index (χ0n) is 15.3. The van der Waals surface area contributed by atoms with Gasteiger partial charge in [0.05, 0.1) is 24.2 Å². The van der Waals surface area contributed by atoms with Gasteiger partial charge in [0.25, 0.3) is 0 Å². The summed E-state index contributed by atoms with van der Waals surface area (Å²) in [6, 6.07) is 7.50. The standard InChI is InChI=1S/C21H25NO4/c1-12-10-22(11-13(2)25-12)20(24)18-15-7-8-21(19(15)18)9-16(23)14-5-3-4-6-17(14)26-21/h3-6,12-13,15,18-19H,7-11H2,1-2H3/t12-,13+,15-,18+,19+,21-/m0/s1. The van der Waals surface area contributed by atoms with Gasteiger partial charge < -0.3 is 14.4 Å². The fourth-order valence-electron chi connectivity index (χ4n) is 5.67. The van der Waals surface area contributed by atoms with Crippen molar-refractivity contribution in [2.45, 2.75) is 50.9 Å². The van der Waals surface area contributed by atoms with E-state index in [2.05, 4.69) is 0 Å². The molecule has 5 heteroatoms. The molecule has 0 unspecified atom stereocenters. The molecule has 5 rings (SSSR count). The van der Waals surface area contributed by atoms with Crippen LogP contribution in [0.3, 0.4) is 0 Å². The average molecular weight is 355 g/mol. The Balaban J connectivity index is 1.37. The quantitative estimate of drug-likeness (QED) is 0.777. The highest BCUT2D eigenvalue weighted by atomic mass is 16.5. The summed E-state index contributed by atoms with van der Waals surface area (Å²) in [4.78, 5) is 27.8. The van der Waals surface area contributed by atoms with Crippen LogP contribution in [0.15, 0.2) is 24.3 Å². The van der Waals surface area contributed by atoms with Gasteiger partial charge in [0, 0.05) is 24.9 Å². The highest BCUT2D eigenvalue weighted by molar-refractivity contribution is 6.00. The Kier molecular flexibility index (Phi) is 3.48. The van der Waals surface area contributed by atoms with Crippen molar-refractivity contribution in [1.29, 1.82) is 0 Å². The van der Waals surface area contributed by atoms with Crippen LogP contribution < -0.4 is 4.74 Å². The van der Waals surface area contributed by atoms with Crippen LogP contribution in [0.25, 0.3) is 0 Å². The number of carbonyl (C=O) groups is 2. The lowest BCUT2D eigenvalue weighted by Gasteiger charge is -2.38. The second kappa shape index (κ2) is 5.56. The third kappa shape index (κ3) is 2.33. The number of nitrogens with zero attached hydrogens (tertiary/aromatic N) is 1. The first-order valence-electron chi connectivity index (χ1n) is 9.74. The molecule has 2 aliphatic carbocycles. The highest BCUT2D eigenvalue weighted by Crippen LogP contribution is 2.66. The summed E-state index contributed by atoms with van der Waals surface area (Å²) >= 11 is 0. The summed E-state index contributed by atoms with van der Waals surface area (Å²) in [5.41, 5.74) is 0.209. The fourth-order valence-corrected chi connectivity index (χ4v) is 5.67. The minimum Gasteiger partial charge on any atom is -0.486 e. The fraction of sp³-hybridized carbons (Fsp3) is 0.619. The van der Waals surface area contributed by atoms with Crippen molar-refractivity contribution in [2.24, 2.45) is 17.8 Å². The summed E-state index contributed by atoms with van der Waals surface area (Å²) < 4.78 is 12.2. The predicted molar refractivity (Wildman–Crippen MR) is 95.0 cm³/mol. The van der Waals surface area contributed by atoms with Gasteiger partial charge >= 0.3 is 0 Å². The molecular weight excluding hydrogens is 330 g/mol. The predicted octanol–water partition coefficient (Wildman–Crippen LogP) is 2.68. The molecule has 2 aliphatic heterocycles. The summed E-state index contributed by atoms with van der Waals surface area (Å²) in [7, 11) is 0. The van der Waals surface area contributed by atoms with Crippen molar-refractivity contribution in [2.75, 3.05) is 13.1 Å². The first-order valence-corrected chi connectivity index (χ1v) is 9.74. The van der Waals surface area contributed by atoms with Crippen LogP contribution in [0.2, 0.25) is 0 Å². The van der Waals surface area contributed by atoms with E-state index in [0.29, 0.717) is 36.7 Å². The molecule has 2 heterocycles. The number of ketones is 1. The lowest BCUT2D eigenvalue weighted by atomic mass is 9.84. The molecule has 0 radical (unpaired) electrons. The Labute approximate surface area is 153 Å². The molecule has 1 amide bonds. The van der Waals surface area contributed by atoms with Gasteiger partial charge in [0.2, 0.25) is 5.91 Å². The number of amides is 1. The lowest BCUT2D eigenvalue weighted by molar-refractivity contribution is -0.146. The van der Waals surface area contributed by atoms with E-state index in [1.54, 1.807) is 0 Å². The number of para-hydroxylation sites is 1. The molecule has 1 saturated heterocycles. The summed E-state index contributed by atoms with van der Waals surface area (Å²) in [6.07, 6.45) is 2.42. The maximum Gasteiger partial charge on any atom is 0.226 e. The third-order valence-electron chi connectivity index (χ3n) is 6.65. The number of hydrogen-bond acceptors (Lipinski definition) is 4. The summed E-state index contributed by atoms with van der Waals surface area (Å²) in [5, 5.41) is 0. The molecule has 1 aromatic carbocycles. The van der Waals surface area contributed by atoms with Gasteiger partial charge in [-0.3, -0.25) is 9.59 Å². The van der Waals surface area contributed by atoms with Crippen LogP contribution in [-0.4, -0.2) is 47.5 Å². The van der Waals surface area contributed by atoms with Gasteiger partial charge in [-0.15, -0.1) is 0 Å². The van der Waals surface area contributed by atoms with E-state index in [-0.39, 0.29) is 35.7 Å². The topological polar surface area (TPSA) is 55.8 Å². The zero-order valence-corrected chi connectivity index (χ0v) is 15.3. The van der Waals surface area contributed by atoms with Crippen LogP contribution in [0.4, 0.5) is 0 Å². The average Bonchev–Trinajstić information content (AvgIpc) is 3.24. The molecule has 0 bridgehead atoms. The number of rotatable bonds is 1. The Bertz CT molecular complexity index is 767. The van der Waals surface area contributed by atoms with Crippen molar-refractivity contribution in [3.63, 3.8) is 0 Å². The Morgan fingerprint density at radius 2 is 1.92 bits per heavy atom. The van der Waals surface area contributed by atoms with Crippen molar-refractivity contribution in [1.82, 2.24) is 4.90 Å². The number of benzene rings is 1. The molecule has 0 aromatic heterocycles. The SMILES string of the molecule is C[C@@H]1CN(C(=O)[C@@H]2[C@@H]3CC[C@]4(CC(=O)c5ccccc5O4)[C@H]32)C[C@H](C)O1. The lowest BCUT2D eigenvalue weighted by Crippen LogP contribution is -2.50. The Morgan fingerprint density at radius 1 is 1.19 bits per heavy atom. The molecule has 3 fully saturated rings. The molecule has 0 N–H and O–H groups in total. The van der Waals surface area contributed by atoms with E-state index in [1.165, 1.54) is 0 Å². The third-order valence-corrected chi connectivity index (χ3v) is 6.65. The zero-order chi connectivity index (χ0) is 18.1. The van der Waals surface area contributed by atoms with Gasteiger partial charge in [-0.2, -0.15) is 0 Å². The Morgan fingerprint density at radius 3 is 2.69 bits per heavy atom. The van der Waals surface area contributed by atoms with Gasteiger partial charge in [-0.1, -0.05) is 12.1 Å². The molecule has 26 heavy (non-hydrogen) atoms. The van der Waals surface area contributed by atoms with Crippen molar-refractivity contribution in [3.8, 4) is 5.75 Å². The largest absolute Gasteiger partial charge is 0.486 e. The molecule has 138 valence electrons. The van der Waals surface area contributed by atoms with E-state index in [9.17, 15) is 9.59 Å². The van der Waals surface area contributed by atoms with E-state index in [1.807, 2.05) is 43.0 Å². The first-order chi connectivity index (χ1) is 12.5. The molecule has 1 spiro atoms. The van der Waals surface area contributed by atoms with Gasteiger partial charge in [-0.25, -0.2) is 0 Å². The van der Waals surface area contributed by atoms with Crippen LogP contribution in [0.1, 0.15) is 43.5 Å². The van der Waals surface area contributed by atoms with Crippen molar-refractivity contribution < 1.29 is 19.1 Å². The Hall–Kier alpha value is -1.88. The van der Waals surface area contributed by atoms with Crippen LogP contribution in [-0.2, 0) is 9.53 Å². The number of ether oxygens (including phenoxy) is 2. The van der Waals surface area contributed by atoms with Crippen LogP contribution in [0.5, 0.6) is 5.75 Å². The maximum atomic E-state index is 13.1. The smallest absolute Gasteiger partial charge is 0.226 e. The minimum absolute atomic E-state index is 0.0133. The highest BCUT2D eigenvalue weighted by Gasteiger charge is 2.71. The van der Waals surface area contributed by atoms with Crippen LogP contribution >= 0.6 is 0 Å². The van der Waals surface area contributed by atoms with Crippen molar-refractivity contribution >= 4 is 11.7 Å². The molecule has 1 aromatic rings. The van der Waals surface area contributed by atoms with E-state index in [4.69, 9.17) is 9.47 Å². The summed E-state index contributed by atoms with van der Waals surface area (Å²) in [6.45, 7) is 5.36. The number of carbonyl (C=O) groups excluding carboxylic acids is 2. The minimum atomic E-state index is -0.472. The van der Waals surface area contributed by atoms with Crippen molar-refractivity contribution in [3.05, 3.63) is 29.8 Å². The van der Waals surface area contributed by atoms with Gasteiger partial charge in [0.1, 0.15) is 11.4 Å². The normalized spacial score (nSPS) is 40.8. The van der Waals surface area contributed by atoms with Crippen LogP contribution in [0, 0.1) is 17.8 Å².